The summed E-state index contributed by atoms with van der Waals surface area (Å²) in [4.78, 5) is 11.9. The molecule has 3 N–H and O–H groups in total. The Morgan fingerprint density at radius 1 is 1.33 bits per heavy atom. The van der Waals surface area contributed by atoms with Crippen LogP contribution in [0.1, 0.15) is 30.9 Å². The maximum absolute atomic E-state index is 11.9. The molecule has 118 valence electrons. The van der Waals surface area contributed by atoms with Crippen LogP contribution in [0.25, 0.3) is 0 Å². The standard InChI is InChI=1S/C14H18Cl2N2O2.ClH/c15-10-5-9(6-11(16)7-10)13(19)8-18-14(20)12-3-1-2-4-17-12;/h5-7,12-13,17,19H,1-4,8H2,(H,18,20);1H. The molecule has 1 aliphatic rings. The lowest BCUT2D eigenvalue weighted by Crippen LogP contribution is -2.47. The van der Waals surface area contributed by atoms with Crippen molar-refractivity contribution in [3.05, 3.63) is 33.8 Å². The fraction of sp³-hybridized carbons (Fsp3) is 0.500. The van der Waals surface area contributed by atoms with Gasteiger partial charge in [0, 0.05) is 16.6 Å². The molecular weight excluding hydrogens is 335 g/mol. The Balaban J connectivity index is 0.00000220. The van der Waals surface area contributed by atoms with Gasteiger partial charge in [0.2, 0.25) is 5.91 Å². The smallest absolute Gasteiger partial charge is 0.237 e. The molecule has 0 radical (unpaired) electrons. The number of carbonyl (C=O) groups excluding carboxylic acids is 1. The third-order valence-electron chi connectivity index (χ3n) is 3.37. The molecule has 7 heteroatoms. The molecule has 1 aliphatic heterocycles. The summed E-state index contributed by atoms with van der Waals surface area (Å²) < 4.78 is 0. The summed E-state index contributed by atoms with van der Waals surface area (Å²) in [5.74, 6) is -0.0723. The van der Waals surface area contributed by atoms with Crippen molar-refractivity contribution in [1.82, 2.24) is 10.6 Å². The molecule has 2 unspecified atom stereocenters. The molecule has 1 fully saturated rings. The van der Waals surface area contributed by atoms with E-state index in [1.807, 2.05) is 0 Å². The van der Waals surface area contributed by atoms with Crippen LogP contribution in [-0.2, 0) is 4.79 Å². The van der Waals surface area contributed by atoms with Crippen LogP contribution >= 0.6 is 35.6 Å². The van der Waals surface area contributed by atoms with Crippen molar-refractivity contribution in [3.8, 4) is 0 Å². The zero-order valence-corrected chi connectivity index (χ0v) is 13.8. The zero-order chi connectivity index (χ0) is 14.5. The number of aliphatic hydroxyl groups excluding tert-OH is 1. The Labute approximate surface area is 140 Å². The van der Waals surface area contributed by atoms with Crippen LogP contribution < -0.4 is 10.6 Å². The lowest BCUT2D eigenvalue weighted by atomic mass is 10.0. The van der Waals surface area contributed by atoms with Gasteiger partial charge >= 0.3 is 0 Å². The lowest BCUT2D eigenvalue weighted by Gasteiger charge is -2.23. The second kappa shape index (κ2) is 8.81. The van der Waals surface area contributed by atoms with Crippen molar-refractivity contribution in [2.75, 3.05) is 13.1 Å². The van der Waals surface area contributed by atoms with Gasteiger partial charge in [-0.05, 0) is 43.1 Å². The van der Waals surface area contributed by atoms with Crippen LogP contribution in [0.15, 0.2) is 18.2 Å². The highest BCUT2D eigenvalue weighted by Crippen LogP contribution is 2.23. The summed E-state index contributed by atoms with van der Waals surface area (Å²) in [5, 5.41) is 16.9. The van der Waals surface area contributed by atoms with E-state index in [0.29, 0.717) is 15.6 Å². The van der Waals surface area contributed by atoms with E-state index in [-0.39, 0.29) is 30.9 Å². The van der Waals surface area contributed by atoms with Crippen molar-refractivity contribution in [2.24, 2.45) is 0 Å². The summed E-state index contributed by atoms with van der Waals surface area (Å²) in [7, 11) is 0. The van der Waals surface area contributed by atoms with Crippen LogP contribution in [0, 0.1) is 0 Å². The summed E-state index contributed by atoms with van der Waals surface area (Å²) in [6, 6.07) is 4.73. The second-order valence-corrected chi connectivity index (χ2v) is 5.84. The number of aliphatic hydroxyl groups is 1. The molecule has 0 bridgehead atoms. The fourth-order valence-corrected chi connectivity index (χ4v) is 2.82. The second-order valence-electron chi connectivity index (χ2n) is 4.97. The van der Waals surface area contributed by atoms with Gasteiger partial charge < -0.3 is 15.7 Å². The van der Waals surface area contributed by atoms with Crippen molar-refractivity contribution in [1.29, 1.82) is 0 Å². The number of benzene rings is 1. The van der Waals surface area contributed by atoms with Crippen molar-refractivity contribution < 1.29 is 9.90 Å². The molecule has 1 heterocycles. The Bertz CT molecular complexity index is 459. The SMILES string of the molecule is Cl.O=C(NCC(O)c1cc(Cl)cc(Cl)c1)C1CCCCN1. The molecule has 21 heavy (non-hydrogen) atoms. The van der Waals surface area contributed by atoms with Gasteiger partial charge in [0.05, 0.1) is 12.1 Å². The molecule has 0 spiro atoms. The van der Waals surface area contributed by atoms with Crippen LogP contribution in [0.3, 0.4) is 0 Å². The molecule has 2 rings (SSSR count). The zero-order valence-electron chi connectivity index (χ0n) is 11.4. The van der Waals surface area contributed by atoms with E-state index in [2.05, 4.69) is 10.6 Å². The minimum absolute atomic E-state index is 0. The van der Waals surface area contributed by atoms with Gasteiger partial charge in [-0.1, -0.05) is 29.6 Å². The van der Waals surface area contributed by atoms with Gasteiger partial charge in [0.1, 0.15) is 0 Å². The predicted molar refractivity (Wildman–Crippen MR) is 87.3 cm³/mol. The molecule has 1 saturated heterocycles. The number of amides is 1. The third-order valence-corrected chi connectivity index (χ3v) is 3.80. The molecule has 0 saturated carbocycles. The van der Waals surface area contributed by atoms with Gasteiger partial charge in [-0.15, -0.1) is 12.4 Å². The number of hydrogen-bond acceptors (Lipinski definition) is 3. The van der Waals surface area contributed by atoms with E-state index in [0.717, 1.165) is 25.8 Å². The van der Waals surface area contributed by atoms with Crippen LogP contribution in [0.2, 0.25) is 10.0 Å². The maximum Gasteiger partial charge on any atom is 0.237 e. The molecule has 1 aromatic carbocycles. The molecule has 0 aliphatic carbocycles. The lowest BCUT2D eigenvalue weighted by molar-refractivity contribution is -0.124. The van der Waals surface area contributed by atoms with Crippen molar-refractivity contribution >= 4 is 41.5 Å². The number of piperidine rings is 1. The van der Waals surface area contributed by atoms with Crippen LogP contribution in [0.5, 0.6) is 0 Å². The Morgan fingerprint density at radius 2 is 2.00 bits per heavy atom. The average Bonchev–Trinajstić information content (AvgIpc) is 2.44. The number of halogens is 3. The van der Waals surface area contributed by atoms with Gasteiger partial charge in [-0.25, -0.2) is 0 Å². The summed E-state index contributed by atoms with van der Waals surface area (Å²) in [6.45, 7) is 1.01. The Hall–Kier alpha value is -0.520. The first-order valence-electron chi connectivity index (χ1n) is 6.71. The van der Waals surface area contributed by atoms with E-state index >= 15 is 0 Å². The summed E-state index contributed by atoms with van der Waals surface area (Å²) in [5.41, 5.74) is 0.597. The molecule has 4 nitrogen and oxygen atoms in total. The average molecular weight is 354 g/mol. The van der Waals surface area contributed by atoms with Crippen LogP contribution in [-0.4, -0.2) is 30.1 Å². The largest absolute Gasteiger partial charge is 0.387 e. The number of carbonyl (C=O) groups is 1. The minimum Gasteiger partial charge on any atom is -0.387 e. The predicted octanol–water partition coefficient (Wildman–Crippen LogP) is 2.71. The first-order chi connectivity index (χ1) is 9.56. The normalized spacial score (nSPS) is 19.5. The molecule has 2 atom stereocenters. The molecule has 1 amide bonds. The third kappa shape index (κ3) is 5.64. The first-order valence-corrected chi connectivity index (χ1v) is 7.47. The van der Waals surface area contributed by atoms with Gasteiger partial charge in [-0.2, -0.15) is 0 Å². The highest BCUT2D eigenvalue weighted by molar-refractivity contribution is 6.34. The van der Waals surface area contributed by atoms with Gasteiger partial charge in [0.15, 0.2) is 0 Å². The van der Waals surface area contributed by atoms with E-state index in [1.165, 1.54) is 0 Å². The number of rotatable bonds is 4. The van der Waals surface area contributed by atoms with Gasteiger partial charge in [0.25, 0.3) is 0 Å². The van der Waals surface area contributed by atoms with Gasteiger partial charge in [-0.3, -0.25) is 4.79 Å². The molecular formula is C14H19Cl3N2O2. The highest BCUT2D eigenvalue weighted by atomic mass is 35.5. The Morgan fingerprint density at radius 3 is 2.57 bits per heavy atom. The van der Waals surface area contributed by atoms with Crippen molar-refractivity contribution in [3.63, 3.8) is 0 Å². The maximum atomic E-state index is 11.9. The van der Waals surface area contributed by atoms with E-state index in [1.54, 1.807) is 18.2 Å². The molecule has 1 aromatic rings. The van der Waals surface area contributed by atoms with Crippen LogP contribution in [0.4, 0.5) is 0 Å². The number of nitrogens with one attached hydrogen (secondary N) is 2. The first kappa shape index (κ1) is 18.5. The minimum atomic E-state index is -0.821. The Kier molecular flexibility index (Phi) is 7.77. The van der Waals surface area contributed by atoms with E-state index in [9.17, 15) is 9.90 Å². The monoisotopic (exact) mass is 352 g/mol. The summed E-state index contributed by atoms with van der Waals surface area (Å²) >= 11 is 11.8. The van der Waals surface area contributed by atoms with E-state index in [4.69, 9.17) is 23.2 Å². The fourth-order valence-electron chi connectivity index (χ4n) is 2.28. The summed E-state index contributed by atoms with van der Waals surface area (Å²) in [6.07, 6.45) is 2.18. The van der Waals surface area contributed by atoms with E-state index < -0.39 is 6.10 Å². The highest BCUT2D eigenvalue weighted by Gasteiger charge is 2.21. The topological polar surface area (TPSA) is 61.4 Å². The molecule has 0 aromatic heterocycles. The van der Waals surface area contributed by atoms with Crippen molar-refractivity contribution in [2.45, 2.75) is 31.4 Å². The quantitative estimate of drug-likeness (QED) is 0.780. The number of hydrogen-bond donors (Lipinski definition) is 3.